The number of aromatic hydroxyl groups is 2. The zero-order chi connectivity index (χ0) is 15.0. The monoisotopic (exact) mass is 284 g/mol. The van der Waals surface area contributed by atoms with Crippen molar-refractivity contribution < 1.29 is 24.5 Å². The Labute approximate surface area is 120 Å². The third-order valence-corrected chi connectivity index (χ3v) is 3.18. The molecule has 0 saturated carbocycles. The molecule has 3 rings (SSSR count). The Balaban J connectivity index is 1.98. The third kappa shape index (κ3) is 2.29. The first-order chi connectivity index (χ1) is 10.1. The Kier molecular flexibility index (Phi) is 3.02. The second kappa shape index (κ2) is 4.86. The van der Waals surface area contributed by atoms with Crippen LogP contribution in [0.2, 0.25) is 0 Å². The molecule has 1 heterocycles. The highest BCUT2D eigenvalue weighted by Crippen LogP contribution is 2.35. The van der Waals surface area contributed by atoms with Gasteiger partial charge in [-0.2, -0.15) is 0 Å². The smallest absolute Gasteiger partial charge is 0.231 e. The predicted molar refractivity (Wildman–Crippen MR) is 75.7 cm³/mol. The van der Waals surface area contributed by atoms with Crippen molar-refractivity contribution in [3.8, 4) is 23.0 Å². The molecule has 106 valence electrons. The molecule has 0 aliphatic carbocycles. The Hall–Kier alpha value is -2.95. The Morgan fingerprint density at radius 3 is 2.67 bits per heavy atom. The fourth-order valence-corrected chi connectivity index (χ4v) is 2.09. The number of ketones is 1. The van der Waals surface area contributed by atoms with Crippen LogP contribution in [0.15, 0.2) is 42.2 Å². The van der Waals surface area contributed by atoms with Crippen molar-refractivity contribution in [3.63, 3.8) is 0 Å². The van der Waals surface area contributed by atoms with Gasteiger partial charge in [-0.05, 0) is 30.3 Å². The second-order valence-electron chi connectivity index (χ2n) is 4.54. The first-order valence-corrected chi connectivity index (χ1v) is 6.23. The minimum atomic E-state index is -0.264. The average Bonchev–Trinajstić information content (AvgIpc) is 2.78. The van der Waals surface area contributed by atoms with Crippen LogP contribution in [0.1, 0.15) is 15.9 Å². The van der Waals surface area contributed by atoms with Gasteiger partial charge in [-0.1, -0.05) is 0 Å². The second-order valence-corrected chi connectivity index (χ2v) is 4.54. The fourth-order valence-electron chi connectivity index (χ4n) is 2.09. The van der Waals surface area contributed by atoms with E-state index in [4.69, 9.17) is 9.47 Å². The number of phenolic OH excluding ortho intramolecular Hbond substituents is 2. The van der Waals surface area contributed by atoms with Crippen LogP contribution >= 0.6 is 0 Å². The summed E-state index contributed by atoms with van der Waals surface area (Å²) in [4.78, 5) is 12.2. The normalized spacial score (nSPS) is 14.9. The van der Waals surface area contributed by atoms with Crippen molar-refractivity contribution in [3.05, 3.63) is 53.3 Å². The number of carbonyl (C=O) groups is 1. The third-order valence-electron chi connectivity index (χ3n) is 3.18. The van der Waals surface area contributed by atoms with Gasteiger partial charge in [-0.15, -0.1) is 0 Å². The molecule has 0 spiro atoms. The molecule has 5 nitrogen and oxygen atoms in total. The summed E-state index contributed by atoms with van der Waals surface area (Å²) in [7, 11) is 1.53. The van der Waals surface area contributed by atoms with Crippen LogP contribution in [0, 0.1) is 0 Å². The highest BCUT2D eigenvalue weighted by atomic mass is 16.5. The number of methoxy groups -OCH3 is 1. The van der Waals surface area contributed by atoms with Gasteiger partial charge in [-0.25, -0.2) is 0 Å². The van der Waals surface area contributed by atoms with Crippen LogP contribution in [0.4, 0.5) is 0 Å². The zero-order valence-electron chi connectivity index (χ0n) is 11.2. The maximum Gasteiger partial charge on any atom is 0.231 e. The molecule has 0 aromatic heterocycles. The zero-order valence-corrected chi connectivity index (χ0v) is 11.2. The summed E-state index contributed by atoms with van der Waals surface area (Å²) < 4.78 is 10.6. The average molecular weight is 284 g/mol. The number of ether oxygens (including phenoxy) is 2. The van der Waals surface area contributed by atoms with E-state index >= 15 is 0 Å². The summed E-state index contributed by atoms with van der Waals surface area (Å²) in [5.41, 5.74) is 0.830. The topological polar surface area (TPSA) is 76.0 Å². The summed E-state index contributed by atoms with van der Waals surface area (Å²) in [5.74, 6) is 0.673. The van der Waals surface area contributed by atoms with Crippen molar-refractivity contribution in [1.29, 1.82) is 0 Å². The number of allylic oxidation sites excluding steroid dienone is 1. The molecule has 2 aromatic carbocycles. The van der Waals surface area contributed by atoms with Crippen molar-refractivity contribution in [2.75, 3.05) is 7.11 Å². The van der Waals surface area contributed by atoms with Crippen LogP contribution in [-0.2, 0) is 0 Å². The lowest BCUT2D eigenvalue weighted by molar-refractivity contribution is 0.101. The highest BCUT2D eigenvalue weighted by molar-refractivity contribution is 6.14. The van der Waals surface area contributed by atoms with E-state index in [1.54, 1.807) is 18.2 Å². The summed E-state index contributed by atoms with van der Waals surface area (Å²) in [6.07, 6.45) is 1.43. The number of rotatable bonds is 2. The minimum absolute atomic E-state index is 0.0543. The van der Waals surface area contributed by atoms with Gasteiger partial charge in [0.1, 0.15) is 23.0 Å². The molecular formula is C16H12O5. The van der Waals surface area contributed by atoms with E-state index in [-0.39, 0.29) is 23.0 Å². The quantitative estimate of drug-likeness (QED) is 0.829. The van der Waals surface area contributed by atoms with Gasteiger partial charge in [0.05, 0.1) is 12.7 Å². The molecular weight excluding hydrogens is 272 g/mol. The lowest BCUT2D eigenvalue weighted by atomic mass is 10.1. The van der Waals surface area contributed by atoms with Crippen molar-refractivity contribution in [2.24, 2.45) is 0 Å². The van der Waals surface area contributed by atoms with Crippen LogP contribution in [0.5, 0.6) is 23.0 Å². The molecule has 1 aliphatic rings. The van der Waals surface area contributed by atoms with Gasteiger partial charge in [0.2, 0.25) is 5.78 Å². The lowest BCUT2D eigenvalue weighted by Gasteiger charge is -2.02. The van der Waals surface area contributed by atoms with E-state index in [9.17, 15) is 15.0 Å². The largest absolute Gasteiger partial charge is 0.508 e. The maximum absolute atomic E-state index is 12.2. The fraction of sp³-hybridized carbons (Fsp3) is 0.0625. The molecule has 21 heavy (non-hydrogen) atoms. The van der Waals surface area contributed by atoms with Gasteiger partial charge in [0, 0.05) is 17.7 Å². The molecule has 5 heteroatoms. The molecule has 1 aliphatic heterocycles. The Bertz CT molecular complexity index is 761. The molecule has 0 fully saturated rings. The molecule has 2 N–H and O–H groups in total. The number of hydrogen-bond donors (Lipinski definition) is 2. The minimum Gasteiger partial charge on any atom is -0.508 e. The highest BCUT2D eigenvalue weighted by Gasteiger charge is 2.27. The summed E-state index contributed by atoms with van der Waals surface area (Å²) in [5, 5.41) is 19.0. The predicted octanol–water partition coefficient (Wildman–Crippen LogP) is 2.72. The van der Waals surface area contributed by atoms with Crippen molar-refractivity contribution in [1.82, 2.24) is 0 Å². The van der Waals surface area contributed by atoms with E-state index in [1.807, 2.05) is 0 Å². The van der Waals surface area contributed by atoms with Gasteiger partial charge in [-0.3, -0.25) is 4.79 Å². The maximum atomic E-state index is 12.2. The number of Topliss-reactive ketones (excluding diaryl/α,β-unsaturated/α-hetero) is 1. The van der Waals surface area contributed by atoms with Crippen molar-refractivity contribution >= 4 is 11.9 Å². The summed E-state index contributed by atoms with van der Waals surface area (Å²) in [6, 6.07) is 9.06. The van der Waals surface area contributed by atoms with Crippen LogP contribution in [0.25, 0.3) is 6.08 Å². The molecule has 0 bridgehead atoms. The molecule has 0 radical (unpaired) electrons. The number of benzene rings is 2. The Morgan fingerprint density at radius 2 is 1.95 bits per heavy atom. The lowest BCUT2D eigenvalue weighted by Crippen LogP contribution is -1.98. The van der Waals surface area contributed by atoms with E-state index in [1.165, 1.54) is 31.4 Å². The SMILES string of the molecule is COc1ccc2c(c1)O/C(=C\c1ccc(O)cc1O)C2=O. The molecule has 0 saturated heterocycles. The molecule has 0 amide bonds. The Morgan fingerprint density at radius 1 is 1.14 bits per heavy atom. The molecule has 0 atom stereocenters. The molecule has 0 unspecified atom stereocenters. The standard InChI is InChI=1S/C16H12O5/c1-20-11-4-5-12-14(8-11)21-15(16(12)19)6-9-2-3-10(17)7-13(9)18/h2-8,17-18H,1H3/b15-6-. The van der Waals surface area contributed by atoms with Gasteiger partial charge < -0.3 is 19.7 Å². The van der Waals surface area contributed by atoms with E-state index in [0.717, 1.165) is 0 Å². The molecule has 2 aromatic rings. The summed E-state index contributed by atoms with van der Waals surface area (Å²) >= 11 is 0. The number of fused-ring (bicyclic) bond motifs is 1. The summed E-state index contributed by atoms with van der Waals surface area (Å²) in [6.45, 7) is 0. The number of phenols is 2. The van der Waals surface area contributed by atoms with E-state index < -0.39 is 0 Å². The first kappa shape index (κ1) is 13.1. The van der Waals surface area contributed by atoms with Gasteiger partial charge in [0.25, 0.3) is 0 Å². The van der Waals surface area contributed by atoms with Crippen LogP contribution in [0.3, 0.4) is 0 Å². The van der Waals surface area contributed by atoms with Gasteiger partial charge in [0.15, 0.2) is 5.76 Å². The van der Waals surface area contributed by atoms with Crippen LogP contribution < -0.4 is 9.47 Å². The van der Waals surface area contributed by atoms with E-state index in [2.05, 4.69) is 0 Å². The van der Waals surface area contributed by atoms with Gasteiger partial charge >= 0.3 is 0 Å². The first-order valence-electron chi connectivity index (χ1n) is 6.23. The van der Waals surface area contributed by atoms with E-state index in [0.29, 0.717) is 22.6 Å². The number of carbonyl (C=O) groups excluding carboxylic acids is 1. The van der Waals surface area contributed by atoms with Crippen molar-refractivity contribution in [2.45, 2.75) is 0 Å². The van der Waals surface area contributed by atoms with Crippen LogP contribution in [-0.4, -0.2) is 23.1 Å². The number of hydrogen-bond acceptors (Lipinski definition) is 5.